The van der Waals surface area contributed by atoms with Crippen LogP contribution in [-0.2, 0) is 14.1 Å². The SMILES string of the molecule is C[n+]1ccn(C(c2ccccc2O)n2cc[n+](C)c2)c1. The van der Waals surface area contributed by atoms with Crippen LogP contribution in [0, 0.1) is 0 Å². The van der Waals surface area contributed by atoms with E-state index >= 15 is 0 Å². The van der Waals surface area contributed by atoms with Crippen LogP contribution in [0.4, 0.5) is 0 Å². The lowest BCUT2D eigenvalue weighted by Crippen LogP contribution is -2.28. The fourth-order valence-electron chi connectivity index (χ4n) is 2.41. The number of phenols is 1. The summed E-state index contributed by atoms with van der Waals surface area (Å²) in [7, 11) is 3.96. The van der Waals surface area contributed by atoms with Crippen molar-refractivity contribution in [1.29, 1.82) is 0 Å². The lowest BCUT2D eigenvalue weighted by Gasteiger charge is -2.12. The van der Waals surface area contributed by atoms with Gasteiger partial charge in [-0.3, -0.25) is 0 Å². The number of aromatic hydroxyl groups is 1. The molecular formula is C15H18N4O+2. The molecule has 2 aromatic heterocycles. The lowest BCUT2D eigenvalue weighted by molar-refractivity contribution is -0.672. The number of nitrogens with zero attached hydrogens (tertiary/aromatic N) is 4. The first-order valence-corrected chi connectivity index (χ1v) is 6.48. The average molecular weight is 270 g/mol. The molecule has 0 unspecified atom stereocenters. The third-order valence-corrected chi connectivity index (χ3v) is 3.36. The van der Waals surface area contributed by atoms with Gasteiger partial charge in [-0.2, -0.15) is 9.13 Å². The van der Waals surface area contributed by atoms with E-state index in [1.54, 1.807) is 6.07 Å². The minimum absolute atomic E-state index is 0.112. The summed E-state index contributed by atoms with van der Waals surface area (Å²) in [4.78, 5) is 0. The van der Waals surface area contributed by atoms with Crippen LogP contribution in [0.1, 0.15) is 11.7 Å². The summed E-state index contributed by atoms with van der Waals surface area (Å²) < 4.78 is 8.09. The summed E-state index contributed by atoms with van der Waals surface area (Å²) in [6.45, 7) is 0. The summed E-state index contributed by atoms with van der Waals surface area (Å²) in [6.07, 6.45) is 11.8. The molecule has 0 aliphatic heterocycles. The highest BCUT2D eigenvalue weighted by Gasteiger charge is 2.27. The van der Waals surface area contributed by atoms with Crippen molar-refractivity contribution in [2.24, 2.45) is 14.1 Å². The van der Waals surface area contributed by atoms with Gasteiger partial charge in [-0.05, 0) is 12.1 Å². The molecule has 1 N–H and O–H groups in total. The molecule has 0 bridgehead atoms. The highest BCUT2D eigenvalue weighted by Crippen LogP contribution is 2.27. The van der Waals surface area contributed by atoms with E-state index < -0.39 is 0 Å². The molecule has 0 amide bonds. The molecule has 5 nitrogen and oxygen atoms in total. The molecule has 102 valence electrons. The number of rotatable bonds is 3. The van der Waals surface area contributed by atoms with Gasteiger partial charge < -0.3 is 5.11 Å². The zero-order valence-electron chi connectivity index (χ0n) is 11.6. The largest absolute Gasteiger partial charge is 0.507 e. The van der Waals surface area contributed by atoms with Crippen molar-refractivity contribution in [2.75, 3.05) is 0 Å². The van der Waals surface area contributed by atoms with Gasteiger partial charge in [-0.1, -0.05) is 12.1 Å². The number of para-hydroxylation sites is 1. The molecule has 0 spiro atoms. The molecule has 0 atom stereocenters. The van der Waals surface area contributed by atoms with Gasteiger partial charge in [0.2, 0.25) is 12.7 Å². The third kappa shape index (κ3) is 2.18. The number of benzene rings is 1. The predicted molar refractivity (Wildman–Crippen MR) is 72.9 cm³/mol. The van der Waals surface area contributed by atoms with E-state index in [1.165, 1.54) is 0 Å². The van der Waals surface area contributed by atoms with Crippen LogP contribution in [0.3, 0.4) is 0 Å². The topological polar surface area (TPSA) is 37.9 Å². The van der Waals surface area contributed by atoms with Gasteiger partial charge in [0.1, 0.15) is 30.5 Å². The Hall–Kier alpha value is -2.56. The first-order chi connectivity index (χ1) is 9.65. The highest BCUT2D eigenvalue weighted by atomic mass is 16.3. The Morgan fingerprint density at radius 3 is 1.95 bits per heavy atom. The molecule has 0 aliphatic rings. The molecule has 2 heterocycles. The molecule has 3 aromatic rings. The fourth-order valence-corrected chi connectivity index (χ4v) is 2.41. The number of imidazole rings is 2. The standard InChI is InChI=1S/C15H17N4O/c1-16-7-9-18(11-16)15(19-10-8-17(2)12-19)13-5-3-4-6-14(13)20/h3-12,15H,1-2H3/q+1/p+1. The Balaban J connectivity index is 2.16. The molecule has 0 saturated carbocycles. The van der Waals surface area contributed by atoms with Crippen molar-refractivity contribution in [3.05, 3.63) is 67.3 Å². The van der Waals surface area contributed by atoms with Crippen molar-refractivity contribution in [2.45, 2.75) is 6.17 Å². The van der Waals surface area contributed by atoms with Gasteiger partial charge in [0.15, 0.2) is 0 Å². The quantitative estimate of drug-likeness (QED) is 0.700. The highest BCUT2D eigenvalue weighted by molar-refractivity contribution is 5.35. The van der Waals surface area contributed by atoms with Gasteiger partial charge in [-0.15, -0.1) is 0 Å². The summed E-state index contributed by atoms with van der Waals surface area (Å²) in [5, 5.41) is 10.2. The van der Waals surface area contributed by atoms with E-state index in [2.05, 4.69) is 9.13 Å². The minimum Gasteiger partial charge on any atom is -0.507 e. The van der Waals surface area contributed by atoms with Crippen molar-refractivity contribution >= 4 is 0 Å². The molecule has 0 aliphatic carbocycles. The average Bonchev–Trinajstić information content (AvgIpc) is 3.02. The Labute approximate surface area is 117 Å². The van der Waals surface area contributed by atoms with Gasteiger partial charge in [0, 0.05) is 0 Å². The number of aromatic nitrogens is 4. The minimum atomic E-state index is -0.112. The van der Waals surface area contributed by atoms with E-state index in [-0.39, 0.29) is 6.17 Å². The third-order valence-electron chi connectivity index (χ3n) is 3.36. The normalized spacial score (nSPS) is 11.2. The van der Waals surface area contributed by atoms with E-state index in [0.717, 1.165) is 5.56 Å². The van der Waals surface area contributed by atoms with Crippen molar-refractivity contribution in [3.8, 4) is 5.75 Å². The Kier molecular flexibility index (Phi) is 3.02. The molecule has 5 heteroatoms. The van der Waals surface area contributed by atoms with Crippen LogP contribution in [0.15, 0.2) is 61.7 Å². The maximum atomic E-state index is 10.2. The molecule has 0 fully saturated rings. The summed E-state index contributed by atoms with van der Waals surface area (Å²) in [6, 6.07) is 7.44. The summed E-state index contributed by atoms with van der Waals surface area (Å²) in [5.74, 6) is 0.296. The zero-order valence-corrected chi connectivity index (χ0v) is 11.6. The van der Waals surface area contributed by atoms with Gasteiger partial charge in [0.25, 0.3) is 6.17 Å². The Morgan fingerprint density at radius 1 is 0.950 bits per heavy atom. The van der Waals surface area contributed by atoms with Crippen LogP contribution < -0.4 is 9.13 Å². The second-order valence-electron chi connectivity index (χ2n) is 4.99. The molecule has 0 saturated heterocycles. The second kappa shape index (κ2) is 4.85. The van der Waals surface area contributed by atoms with Crippen LogP contribution in [0.5, 0.6) is 5.75 Å². The van der Waals surface area contributed by atoms with Crippen LogP contribution in [-0.4, -0.2) is 14.2 Å². The first kappa shape index (κ1) is 12.5. The van der Waals surface area contributed by atoms with E-state index in [0.29, 0.717) is 5.75 Å². The first-order valence-electron chi connectivity index (χ1n) is 6.48. The van der Waals surface area contributed by atoms with Crippen molar-refractivity contribution in [1.82, 2.24) is 9.13 Å². The predicted octanol–water partition coefficient (Wildman–Crippen LogP) is 0.739. The number of phenolic OH excluding ortho intramolecular Hbond substituents is 1. The van der Waals surface area contributed by atoms with Crippen LogP contribution in [0.2, 0.25) is 0 Å². The molecule has 1 aromatic carbocycles. The van der Waals surface area contributed by atoms with Gasteiger partial charge in [0.05, 0.1) is 19.7 Å². The second-order valence-corrected chi connectivity index (χ2v) is 4.99. The molecule has 3 rings (SSSR count). The molecule has 0 radical (unpaired) electrons. The van der Waals surface area contributed by atoms with E-state index in [1.807, 2.05) is 78.9 Å². The van der Waals surface area contributed by atoms with Gasteiger partial charge in [-0.25, -0.2) is 9.13 Å². The molecular weight excluding hydrogens is 252 g/mol. The Morgan fingerprint density at radius 2 is 1.50 bits per heavy atom. The maximum Gasteiger partial charge on any atom is 0.272 e. The fraction of sp³-hybridized carbons (Fsp3) is 0.200. The lowest BCUT2D eigenvalue weighted by atomic mass is 10.1. The summed E-state index contributed by atoms with van der Waals surface area (Å²) in [5.41, 5.74) is 0.861. The van der Waals surface area contributed by atoms with Crippen molar-refractivity contribution < 1.29 is 14.2 Å². The maximum absolute atomic E-state index is 10.2. The smallest absolute Gasteiger partial charge is 0.272 e. The molecule has 20 heavy (non-hydrogen) atoms. The van der Waals surface area contributed by atoms with Crippen LogP contribution in [0.25, 0.3) is 0 Å². The number of hydrogen-bond donors (Lipinski definition) is 1. The Bertz CT molecular complexity index is 689. The van der Waals surface area contributed by atoms with Crippen LogP contribution >= 0.6 is 0 Å². The van der Waals surface area contributed by atoms with Gasteiger partial charge >= 0.3 is 0 Å². The number of aryl methyl sites for hydroxylation is 2. The van der Waals surface area contributed by atoms with E-state index in [9.17, 15) is 5.11 Å². The van der Waals surface area contributed by atoms with Crippen molar-refractivity contribution in [3.63, 3.8) is 0 Å². The number of hydrogen-bond acceptors (Lipinski definition) is 1. The monoisotopic (exact) mass is 270 g/mol. The summed E-state index contributed by atoms with van der Waals surface area (Å²) >= 11 is 0. The van der Waals surface area contributed by atoms with E-state index in [4.69, 9.17) is 0 Å². The zero-order chi connectivity index (χ0) is 14.1.